The second-order valence-electron chi connectivity index (χ2n) is 7.36. The van der Waals surface area contributed by atoms with Gasteiger partial charge in [0.25, 0.3) is 0 Å². The van der Waals surface area contributed by atoms with Gasteiger partial charge in [-0.2, -0.15) is 5.10 Å². The van der Waals surface area contributed by atoms with Gasteiger partial charge in [-0.15, -0.1) is 0 Å². The van der Waals surface area contributed by atoms with Gasteiger partial charge in [-0.05, 0) is 44.4 Å². The molecular weight excluding hydrogens is 364 g/mol. The first-order valence-corrected chi connectivity index (χ1v) is 11.0. The van der Waals surface area contributed by atoms with Crippen molar-refractivity contribution in [3.8, 4) is 5.75 Å². The summed E-state index contributed by atoms with van der Waals surface area (Å²) in [6.07, 6.45) is 2.59. The molecule has 27 heavy (non-hydrogen) atoms. The number of aromatic nitrogens is 3. The van der Waals surface area contributed by atoms with E-state index >= 15 is 0 Å². The zero-order chi connectivity index (χ0) is 19.3. The molecule has 1 aliphatic heterocycles. The number of ether oxygens (including phenoxy) is 1. The topological polar surface area (TPSA) is 88.2 Å². The van der Waals surface area contributed by atoms with Crippen molar-refractivity contribution >= 4 is 37.5 Å². The number of sulfone groups is 1. The number of methoxy groups -OCH3 is 1. The fourth-order valence-corrected chi connectivity index (χ4v) is 5.12. The molecule has 144 valence electrons. The average Bonchev–Trinajstić information content (AvgIpc) is 3.00. The van der Waals surface area contributed by atoms with Crippen LogP contribution in [0.1, 0.15) is 24.1 Å². The first-order chi connectivity index (χ1) is 12.8. The van der Waals surface area contributed by atoms with Crippen molar-refractivity contribution in [1.82, 2.24) is 15.2 Å². The fraction of sp³-hybridized carbons (Fsp3) is 0.474. The minimum Gasteiger partial charge on any atom is -0.497 e. The number of piperidine rings is 1. The van der Waals surface area contributed by atoms with Gasteiger partial charge in [0.1, 0.15) is 15.6 Å². The van der Waals surface area contributed by atoms with Gasteiger partial charge in [-0.3, -0.25) is 5.10 Å². The van der Waals surface area contributed by atoms with Gasteiger partial charge in [0, 0.05) is 30.4 Å². The molecule has 0 spiro atoms. The van der Waals surface area contributed by atoms with Gasteiger partial charge in [-0.25, -0.2) is 13.4 Å². The predicted octanol–water partition coefficient (Wildman–Crippen LogP) is 2.75. The van der Waals surface area contributed by atoms with Crippen LogP contribution in [0, 0.1) is 13.8 Å². The van der Waals surface area contributed by atoms with E-state index in [4.69, 9.17) is 9.72 Å². The van der Waals surface area contributed by atoms with Crippen molar-refractivity contribution in [3.05, 3.63) is 23.4 Å². The van der Waals surface area contributed by atoms with E-state index in [1.807, 2.05) is 26.0 Å². The minimum atomic E-state index is -3.01. The largest absolute Gasteiger partial charge is 0.497 e. The van der Waals surface area contributed by atoms with E-state index in [2.05, 4.69) is 15.1 Å². The Morgan fingerprint density at radius 3 is 2.56 bits per heavy atom. The third-order valence-corrected chi connectivity index (χ3v) is 7.19. The van der Waals surface area contributed by atoms with E-state index in [0.717, 1.165) is 39.0 Å². The molecule has 0 saturated carbocycles. The molecule has 1 aromatic carbocycles. The van der Waals surface area contributed by atoms with Gasteiger partial charge in [0.15, 0.2) is 5.65 Å². The molecule has 0 aliphatic carbocycles. The summed E-state index contributed by atoms with van der Waals surface area (Å²) < 4.78 is 29.4. The Morgan fingerprint density at radius 1 is 1.22 bits per heavy atom. The Bertz CT molecular complexity index is 1130. The maximum atomic E-state index is 11.9. The molecular formula is C19H24N4O3S. The second kappa shape index (κ2) is 6.37. The molecule has 3 heterocycles. The van der Waals surface area contributed by atoms with Crippen molar-refractivity contribution in [2.75, 3.05) is 31.4 Å². The zero-order valence-electron chi connectivity index (χ0n) is 16.0. The highest BCUT2D eigenvalue weighted by atomic mass is 32.2. The molecule has 4 rings (SSSR count). The molecule has 3 aromatic rings. The van der Waals surface area contributed by atoms with Gasteiger partial charge in [-0.1, -0.05) is 0 Å². The maximum Gasteiger partial charge on any atom is 0.183 e. The Morgan fingerprint density at radius 2 is 1.93 bits per heavy atom. The second-order valence-corrected chi connectivity index (χ2v) is 9.69. The van der Waals surface area contributed by atoms with Crippen LogP contribution >= 0.6 is 0 Å². The van der Waals surface area contributed by atoms with E-state index in [1.54, 1.807) is 7.11 Å². The molecule has 0 bridgehead atoms. The first kappa shape index (κ1) is 18.0. The van der Waals surface area contributed by atoms with E-state index < -0.39 is 9.84 Å². The number of H-pyrrole nitrogens is 1. The van der Waals surface area contributed by atoms with Crippen LogP contribution < -0.4 is 9.64 Å². The monoisotopic (exact) mass is 388 g/mol. The fourth-order valence-electron chi connectivity index (χ4n) is 4.05. The number of benzene rings is 1. The van der Waals surface area contributed by atoms with Crippen LogP contribution in [-0.2, 0) is 9.84 Å². The number of hydrogen-bond acceptors (Lipinski definition) is 6. The number of nitrogens with zero attached hydrogens (tertiary/aromatic N) is 3. The molecule has 1 aliphatic rings. The molecule has 0 radical (unpaired) electrons. The SMILES string of the molecule is COc1cc(C)c2nc3n[nH]c(C)c3c(N3CCC(S(C)(=O)=O)CC3)c2c1. The van der Waals surface area contributed by atoms with Crippen LogP contribution in [0.5, 0.6) is 5.75 Å². The quantitative estimate of drug-likeness (QED) is 0.742. The van der Waals surface area contributed by atoms with Crippen molar-refractivity contribution in [2.45, 2.75) is 31.9 Å². The number of hydrogen-bond donors (Lipinski definition) is 1. The lowest BCUT2D eigenvalue weighted by molar-refractivity contribution is 0.415. The van der Waals surface area contributed by atoms with Crippen LogP contribution in [0.15, 0.2) is 12.1 Å². The summed E-state index contributed by atoms with van der Waals surface area (Å²) in [7, 11) is -1.35. The van der Waals surface area contributed by atoms with Crippen LogP contribution in [-0.4, -0.2) is 55.3 Å². The van der Waals surface area contributed by atoms with E-state index in [9.17, 15) is 8.42 Å². The molecule has 0 amide bonds. The summed E-state index contributed by atoms with van der Waals surface area (Å²) in [6.45, 7) is 5.38. The molecule has 1 fully saturated rings. The number of aryl methyl sites for hydroxylation is 2. The number of rotatable bonds is 3. The van der Waals surface area contributed by atoms with Crippen LogP contribution in [0.4, 0.5) is 5.69 Å². The number of anilines is 1. The highest BCUT2D eigenvalue weighted by molar-refractivity contribution is 7.91. The van der Waals surface area contributed by atoms with Crippen LogP contribution in [0.2, 0.25) is 0 Å². The van der Waals surface area contributed by atoms with E-state index in [1.165, 1.54) is 6.26 Å². The van der Waals surface area contributed by atoms with Crippen molar-refractivity contribution < 1.29 is 13.2 Å². The van der Waals surface area contributed by atoms with Gasteiger partial charge < -0.3 is 9.64 Å². The van der Waals surface area contributed by atoms with Gasteiger partial charge >= 0.3 is 0 Å². The van der Waals surface area contributed by atoms with Crippen molar-refractivity contribution in [1.29, 1.82) is 0 Å². The zero-order valence-corrected chi connectivity index (χ0v) is 16.9. The average molecular weight is 388 g/mol. The third-order valence-electron chi connectivity index (χ3n) is 5.51. The Hall–Kier alpha value is -2.35. The smallest absolute Gasteiger partial charge is 0.183 e. The number of nitrogens with one attached hydrogen (secondary N) is 1. The van der Waals surface area contributed by atoms with Crippen molar-refractivity contribution in [3.63, 3.8) is 0 Å². The molecule has 1 N–H and O–H groups in total. The Kier molecular flexibility index (Phi) is 4.25. The lowest BCUT2D eigenvalue weighted by Crippen LogP contribution is -2.39. The summed E-state index contributed by atoms with van der Waals surface area (Å²) >= 11 is 0. The van der Waals surface area contributed by atoms with Crippen LogP contribution in [0.25, 0.3) is 21.9 Å². The Labute approximate surface area is 158 Å². The standard InChI is InChI=1S/C19H24N4O3S/c1-11-9-13(26-3)10-15-17(11)20-19-16(12(2)21-22-19)18(15)23-7-5-14(6-8-23)27(4,24)25/h9-10,14H,5-8H2,1-4H3,(H,20,21,22). The highest BCUT2D eigenvalue weighted by Gasteiger charge is 2.29. The van der Waals surface area contributed by atoms with Gasteiger partial charge in [0.05, 0.1) is 29.0 Å². The first-order valence-electron chi connectivity index (χ1n) is 9.06. The molecule has 2 aromatic heterocycles. The lowest BCUT2D eigenvalue weighted by Gasteiger charge is -2.34. The summed E-state index contributed by atoms with van der Waals surface area (Å²) in [4.78, 5) is 7.04. The molecule has 8 heteroatoms. The van der Waals surface area contributed by atoms with E-state index in [0.29, 0.717) is 31.6 Å². The Balaban J connectivity index is 1.91. The summed E-state index contributed by atoms with van der Waals surface area (Å²) in [5.74, 6) is 0.787. The highest BCUT2D eigenvalue weighted by Crippen LogP contribution is 2.39. The molecule has 0 unspecified atom stereocenters. The molecule has 1 saturated heterocycles. The third kappa shape index (κ3) is 3.01. The predicted molar refractivity (Wildman–Crippen MR) is 107 cm³/mol. The number of pyridine rings is 1. The lowest BCUT2D eigenvalue weighted by atomic mass is 10.0. The molecule has 0 atom stereocenters. The summed E-state index contributed by atoms with van der Waals surface area (Å²) in [6, 6.07) is 3.99. The maximum absolute atomic E-state index is 11.9. The van der Waals surface area contributed by atoms with Crippen molar-refractivity contribution in [2.24, 2.45) is 0 Å². The normalized spacial score (nSPS) is 16.4. The summed E-state index contributed by atoms with van der Waals surface area (Å²) in [5, 5.41) is 9.16. The number of fused-ring (bicyclic) bond motifs is 2. The van der Waals surface area contributed by atoms with Crippen LogP contribution in [0.3, 0.4) is 0 Å². The summed E-state index contributed by atoms with van der Waals surface area (Å²) in [5.41, 5.74) is 4.64. The number of aromatic amines is 1. The van der Waals surface area contributed by atoms with E-state index in [-0.39, 0.29) is 5.25 Å². The van der Waals surface area contributed by atoms with Gasteiger partial charge in [0.2, 0.25) is 0 Å². The minimum absolute atomic E-state index is 0.265. The molecule has 7 nitrogen and oxygen atoms in total.